The van der Waals surface area contributed by atoms with Crippen molar-refractivity contribution < 1.29 is 9.50 Å². The summed E-state index contributed by atoms with van der Waals surface area (Å²) >= 11 is 0. The standard InChI is InChI=1S/C23H24FN5O/c1-13(2)20-12-26-29-22(27-18-6-14-3-4-19(30)8-15(14)7-18)9-21(28-23(20)29)16-5-17(24)11-25-10-16/h3-5,8-13,18,20,23,28,30H,6-7H2,1-2H3. The number of aliphatic imine (C=N–C) groups is 1. The minimum atomic E-state index is -0.370. The highest BCUT2D eigenvalue weighted by atomic mass is 19.1. The minimum Gasteiger partial charge on any atom is -0.508 e. The van der Waals surface area contributed by atoms with Gasteiger partial charge in [0.2, 0.25) is 0 Å². The summed E-state index contributed by atoms with van der Waals surface area (Å²) in [4.78, 5) is 9.03. The first-order chi connectivity index (χ1) is 14.5. The first-order valence-electron chi connectivity index (χ1n) is 10.3. The van der Waals surface area contributed by atoms with Crippen LogP contribution in [0, 0.1) is 17.7 Å². The molecule has 0 fully saturated rings. The molecule has 3 unspecified atom stereocenters. The Morgan fingerprint density at radius 1 is 1.20 bits per heavy atom. The number of fused-ring (bicyclic) bond motifs is 2. The molecule has 30 heavy (non-hydrogen) atoms. The molecule has 2 aliphatic heterocycles. The largest absolute Gasteiger partial charge is 0.508 e. The topological polar surface area (TPSA) is 73.1 Å². The molecule has 3 aliphatic rings. The van der Waals surface area contributed by atoms with Crippen LogP contribution in [-0.2, 0) is 12.8 Å². The summed E-state index contributed by atoms with van der Waals surface area (Å²) in [5.41, 5.74) is 3.84. The summed E-state index contributed by atoms with van der Waals surface area (Å²) < 4.78 is 13.8. The Morgan fingerprint density at radius 3 is 2.83 bits per heavy atom. The van der Waals surface area contributed by atoms with Gasteiger partial charge in [-0.3, -0.25) is 9.98 Å². The zero-order valence-corrected chi connectivity index (χ0v) is 17.0. The number of hydrogen-bond donors (Lipinski definition) is 2. The number of aromatic nitrogens is 1. The van der Waals surface area contributed by atoms with Gasteiger partial charge in [0.25, 0.3) is 0 Å². The number of rotatable bonds is 3. The van der Waals surface area contributed by atoms with Crippen molar-refractivity contribution in [1.29, 1.82) is 0 Å². The average Bonchev–Trinajstić information content (AvgIpc) is 3.31. The van der Waals surface area contributed by atoms with Gasteiger partial charge in [-0.1, -0.05) is 19.9 Å². The molecule has 0 saturated heterocycles. The van der Waals surface area contributed by atoms with E-state index in [0.717, 1.165) is 29.9 Å². The van der Waals surface area contributed by atoms with Crippen LogP contribution in [0.15, 0.2) is 52.8 Å². The molecule has 6 nitrogen and oxygen atoms in total. The van der Waals surface area contributed by atoms with Crippen LogP contribution in [0.1, 0.15) is 30.5 Å². The molecule has 1 aromatic heterocycles. The lowest BCUT2D eigenvalue weighted by Crippen LogP contribution is -2.50. The molecule has 3 heterocycles. The number of phenolic OH excluding ortho intramolecular Hbond substituents is 1. The van der Waals surface area contributed by atoms with Crippen LogP contribution in [0.25, 0.3) is 5.70 Å². The van der Waals surface area contributed by atoms with E-state index in [4.69, 9.17) is 4.99 Å². The molecule has 0 bridgehead atoms. The number of nitrogens with zero attached hydrogens (tertiary/aromatic N) is 4. The molecule has 2 aromatic rings. The number of nitrogens with one attached hydrogen (secondary N) is 1. The highest BCUT2D eigenvalue weighted by molar-refractivity contribution is 6.02. The third kappa shape index (κ3) is 3.34. The lowest BCUT2D eigenvalue weighted by atomic mass is 9.93. The van der Waals surface area contributed by atoms with Gasteiger partial charge in [0, 0.05) is 35.7 Å². The van der Waals surface area contributed by atoms with Gasteiger partial charge in [-0.05, 0) is 48.1 Å². The average molecular weight is 405 g/mol. The van der Waals surface area contributed by atoms with Crippen molar-refractivity contribution in [3.63, 3.8) is 0 Å². The fourth-order valence-corrected chi connectivity index (χ4v) is 4.44. The molecule has 1 aromatic carbocycles. The van der Waals surface area contributed by atoms with E-state index in [1.807, 2.05) is 29.4 Å². The predicted molar refractivity (Wildman–Crippen MR) is 114 cm³/mol. The number of aromatic hydroxyl groups is 1. The van der Waals surface area contributed by atoms with Crippen LogP contribution in [0.4, 0.5) is 4.39 Å². The van der Waals surface area contributed by atoms with Gasteiger partial charge >= 0.3 is 0 Å². The molecule has 7 heteroatoms. The molecular formula is C23H24FN5O. The summed E-state index contributed by atoms with van der Waals surface area (Å²) in [6.07, 6.45) is 8.29. The molecule has 0 saturated carbocycles. The maximum Gasteiger partial charge on any atom is 0.148 e. The fourth-order valence-electron chi connectivity index (χ4n) is 4.44. The Bertz CT molecular complexity index is 1080. The number of benzene rings is 1. The Kier molecular flexibility index (Phi) is 4.53. The second-order valence-electron chi connectivity index (χ2n) is 8.47. The first kappa shape index (κ1) is 18.8. The third-order valence-electron chi connectivity index (χ3n) is 6.00. The number of hydrazone groups is 1. The number of phenols is 1. The van der Waals surface area contributed by atoms with Gasteiger partial charge in [0.05, 0.1) is 12.2 Å². The fraction of sp³-hybridized carbons (Fsp3) is 0.348. The Morgan fingerprint density at radius 2 is 2.03 bits per heavy atom. The van der Waals surface area contributed by atoms with Gasteiger partial charge in [-0.2, -0.15) is 5.10 Å². The molecular weight excluding hydrogens is 381 g/mol. The van der Waals surface area contributed by atoms with Crippen LogP contribution in [0.3, 0.4) is 0 Å². The van der Waals surface area contributed by atoms with E-state index < -0.39 is 0 Å². The zero-order chi connectivity index (χ0) is 20.8. The summed E-state index contributed by atoms with van der Waals surface area (Å²) in [5.74, 6) is 1.28. The Labute approximate surface area is 174 Å². The Hall–Kier alpha value is -3.22. The van der Waals surface area contributed by atoms with Gasteiger partial charge in [0.15, 0.2) is 0 Å². The quantitative estimate of drug-likeness (QED) is 0.822. The van der Waals surface area contributed by atoms with Crippen LogP contribution in [0.5, 0.6) is 5.75 Å². The SMILES string of the molecule is CC(C)C1C=NN2C(=NC3Cc4ccc(O)cc4C3)C=C(c3cncc(F)c3)NC12. The second kappa shape index (κ2) is 7.23. The normalized spacial score (nSPS) is 26.0. The molecule has 2 N–H and O–H groups in total. The molecule has 154 valence electrons. The third-order valence-corrected chi connectivity index (χ3v) is 6.00. The van der Waals surface area contributed by atoms with Crippen molar-refractivity contribution in [3.05, 3.63) is 65.2 Å². The van der Waals surface area contributed by atoms with E-state index in [2.05, 4.69) is 29.2 Å². The number of hydrogen-bond acceptors (Lipinski definition) is 5. The van der Waals surface area contributed by atoms with E-state index in [0.29, 0.717) is 11.5 Å². The molecule has 1 aliphatic carbocycles. The zero-order valence-electron chi connectivity index (χ0n) is 17.0. The van der Waals surface area contributed by atoms with Gasteiger partial charge in [-0.15, -0.1) is 0 Å². The second-order valence-corrected chi connectivity index (χ2v) is 8.47. The van der Waals surface area contributed by atoms with Crippen molar-refractivity contribution in [2.24, 2.45) is 21.9 Å². The van der Waals surface area contributed by atoms with Gasteiger partial charge < -0.3 is 10.4 Å². The highest BCUT2D eigenvalue weighted by Gasteiger charge is 2.39. The molecule has 3 atom stereocenters. The van der Waals surface area contributed by atoms with Crippen molar-refractivity contribution in [1.82, 2.24) is 15.3 Å². The minimum absolute atomic E-state index is 0.0696. The van der Waals surface area contributed by atoms with Crippen molar-refractivity contribution in [2.45, 2.75) is 38.9 Å². The molecule has 5 rings (SSSR count). The number of amidine groups is 1. The lowest BCUT2D eigenvalue weighted by Gasteiger charge is -2.35. The predicted octanol–water partition coefficient (Wildman–Crippen LogP) is 3.34. The molecule has 0 amide bonds. The number of halogens is 1. The van der Waals surface area contributed by atoms with Gasteiger partial charge in [0.1, 0.15) is 23.6 Å². The van der Waals surface area contributed by atoms with E-state index in [-0.39, 0.29) is 29.7 Å². The van der Waals surface area contributed by atoms with E-state index >= 15 is 0 Å². The smallest absolute Gasteiger partial charge is 0.148 e. The van der Waals surface area contributed by atoms with Crippen molar-refractivity contribution >= 4 is 17.7 Å². The number of pyridine rings is 1. The Balaban J connectivity index is 1.51. The van der Waals surface area contributed by atoms with Crippen LogP contribution in [-0.4, -0.2) is 39.4 Å². The molecule has 0 radical (unpaired) electrons. The van der Waals surface area contributed by atoms with Crippen LogP contribution >= 0.6 is 0 Å². The van der Waals surface area contributed by atoms with Gasteiger partial charge in [-0.25, -0.2) is 9.40 Å². The first-order valence-corrected chi connectivity index (χ1v) is 10.3. The summed E-state index contributed by atoms with van der Waals surface area (Å²) in [5, 5.41) is 19.9. The maximum atomic E-state index is 13.8. The monoisotopic (exact) mass is 405 g/mol. The van der Waals surface area contributed by atoms with E-state index in [1.54, 1.807) is 12.3 Å². The lowest BCUT2D eigenvalue weighted by molar-refractivity contribution is 0.247. The van der Waals surface area contributed by atoms with Crippen molar-refractivity contribution in [2.75, 3.05) is 0 Å². The van der Waals surface area contributed by atoms with E-state index in [9.17, 15) is 9.50 Å². The van der Waals surface area contributed by atoms with Crippen LogP contribution in [0.2, 0.25) is 0 Å². The summed E-state index contributed by atoms with van der Waals surface area (Å²) in [6.45, 7) is 4.33. The van der Waals surface area contributed by atoms with Crippen LogP contribution < -0.4 is 5.32 Å². The maximum absolute atomic E-state index is 13.8. The highest BCUT2D eigenvalue weighted by Crippen LogP contribution is 2.32. The van der Waals surface area contributed by atoms with Crippen molar-refractivity contribution in [3.8, 4) is 5.75 Å². The summed E-state index contributed by atoms with van der Waals surface area (Å²) in [6, 6.07) is 7.07. The molecule has 0 spiro atoms. The summed E-state index contributed by atoms with van der Waals surface area (Å²) in [7, 11) is 0. The van der Waals surface area contributed by atoms with E-state index in [1.165, 1.54) is 17.8 Å².